The lowest BCUT2D eigenvalue weighted by molar-refractivity contribution is 0.0131. The maximum atomic E-state index is 11.1. The monoisotopic (exact) mass is 239 g/mol. The summed E-state index contributed by atoms with van der Waals surface area (Å²) in [5.41, 5.74) is 5.35. The van der Waals surface area contributed by atoms with Crippen molar-refractivity contribution in [2.75, 3.05) is 13.2 Å². The van der Waals surface area contributed by atoms with E-state index in [2.05, 4.69) is 0 Å². The lowest BCUT2D eigenvalue weighted by atomic mass is 10.2. The van der Waals surface area contributed by atoms with Gasteiger partial charge in [-0.15, -0.1) is 0 Å². The van der Waals surface area contributed by atoms with Gasteiger partial charge in [0, 0.05) is 13.2 Å². The van der Waals surface area contributed by atoms with E-state index in [4.69, 9.17) is 15.0 Å². The maximum absolute atomic E-state index is 11.1. The van der Waals surface area contributed by atoms with Crippen molar-refractivity contribution in [3.05, 3.63) is 0 Å². The van der Waals surface area contributed by atoms with E-state index in [0.29, 0.717) is 6.61 Å². The summed E-state index contributed by atoms with van der Waals surface area (Å²) in [5.74, 6) is 0. The van der Waals surface area contributed by atoms with Gasteiger partial charge in [-0.1, -0.05) is 26.7 Å². The molecule has 0 aliphatic rings. The summed E-state index contributed by atoms with van der Waals surface area (Å²) in [6.07, 6.45) is 2.91. The van der Waals surface area contributed by atoms with Crippen LogP contribution in [0.5, 0.6) is 0 Å². The summed E-state index contributed by atoms with van der Waals surface area (Å²) in [6, 6.07) is 0. The van der Waals surface area contributed by atoms with Crippen molar-refractivity contribution < 1.29 is 17.7 Å². The van der Waals surface area contributed by atoms with Gasteiger partial charge < -0.3 is 10.5 Å². The molecule has 15 heavy (non-hydrogen) atoms. The molecule has 5 nitrogen and oxygen atoms in total. The molecular formula is C9H21NO4S. The number of hydrogen-bond acceptors (Lipinski definition) is 4. The third kappa shape index (κ3) is 4.06. The second-order valence-corrected chi connectivity index (χ2v) is 5.19. The quantitative estimate of drug-likeness (QED) is 0.490. The Bertz CT molecular complexity index is 259. The van der Waals surface area contributed by atoms with E-state index in [1.54, 1.807) is 6.92 Å². The number of unbranched alkanes of at least 4 members (excludes halogenated alkanes) is 2. The summed E-state index contributed by atoms with van der Waals surface area (Å²) in [4.78, 5) is -1.62. The van der Waals surface area contributed by atoms with Gasteiger partial charge in [-0.2, -0.15) is 8.42 Å². The summed E-state index contributed by atoms with van der Waals surface area (Å²) >= 11 is 0. The highest BCUT2D eigenvalue weighted by Gasteiger charge is 2.41. The Morgan fingerprint density at radius 1 is 1.33 bits per heavy atom. The summed E-state index contributed by atoms with van der Waals surface area (Å²) in [5, 5.41) is 0. The van der Waals surface area contributed by atoms with Gasteiger partial charge in [0.1, 0.15) is 0 Å². The molecule has 0 aromatic heterocycles. The average molecular weight is 239 g/mol. The first-order valence-corrected chi connectivity index (χ1v) is 6.68. The molecule has 0 spiro atoms. The van der Waals surface area contributed by atoms with E-state index < -0.39 is 15.1 Å². The average Bonchev–Trinajstić information content (AvgIpc) is 2.17. The summed E-state index contributed by atoms with van der Waals surface area (Å²) in [6.45, 7) is 3.74. The first kappa shape index (κ1) is 14.8. The van der Waals surface area contributed by atoms with Gasteiger partial charge in [0.2, 0.25) is 4.93 Å². The van der Waals surface area contributed by atoms with Gasteiger partial charge in [-0.05, 0) is 12.8 Å². The molecule has 92 valence electrons. The fraction of sp³-hybridized carbons (Fsp3) is 1.00. The Morgan fingerprint density at radius 2 is 1.93 bits per heavy atom. The van der Waals surface area contributed by atoms with Crippen molar-refractivity contribution in [3.8, 4) is 0 Å². The zero-order valence-corrected chi connectivity index (χ0v) is 10.2. The van der Waals surface area contributed by atoms with Crippen LogP contribution in [0.2, 0.25) is 0 Å². The first-order valence-electron chi connectivity index (χ1n) is 5.24. The third-order valence-corrected chi connectivity index (χ3v) is 3.95. The van der Waals surface area contributed by atoms with E-state index in [1.165, 1.54) is 0 Å². The molecule has 3 N–H and O–H groups in total. The fourth-order valence-electron chi connectivity index (χ4n) is 1.28. The van der Waals surface area contributed by atoms with Crippen LogP contribution >= 0.6 is 0 Å². The normalized spacial score (nSPS) is 16.3. The van der Waals surface area contributed by atoms with E-state index in [1.807, 2.05) is 6.92 Å². The molecule has 0 aromatic rings. The Hall–Kier alpha value is -0.170. The minimum atomic E-state index is -4.26. The van der Waals surface area contributed by atoms with Crippen LogP contribution in [0.1, 0.15) is 39.5 Å². The van der Waals surface area contributed by atoms with E-state index in [0.717, 1.165) is 19.3 Å². The minimum absolute atomic E-state index is 0.147. The van der Waals surface area contributed by atoms with E-state index in [-0.39, 0.29) is 13.0 Å². The van der Waals surface area contributed by atoms with Crippen molar-refractivity contribution in [2.24, 2.45) is 5.73 Å². The zero-order valence-electron chi connectivity index (χ0n) is 9.40. The van der Waals surface area contributed by atoms with Gasteiger partial charge in [0.15, 0.2) is 0 Å². The SMILES string of the molecule is CCCCCOC(CC)(CN)S(=O)(=O)O. The molecule has 0 aliphatic heterocycles. The Kier molecular flexibility index (Phi) is 6.35. The zero-order chi connectivity index (χ0) is 11.9. The molecule has 0 amide bonds. The maximum Gasteiger partial charge on any atom is 0.296 e. The van der Waals surface area contributed by atoms with Crippen LogP contribution in [-0.4, -0.2) is 31.1 Å². The minimum Gasteiger partial charge on any atom is -0.356 e. The third-order valence-electron chi connectivity index (χ3n) is 2.43. The molecule has 0 rings (SSSR count). The number of nitrogens with two attached hydrogens (primary N) is 1. The van der Waals surface area contributed by atoms with Crippen molar-refractivity contribution in [2.45, 2.75) is 44.5 Å². The van der Waals surface area contributed by atoms with Gasteiger partial charge in [0.25, 0.3) is 10.1 Å². The molecule has 1 atom stereocenters. The second-order valence-electron chi connectivity index (χ2n) is 3.50. The lowest BCUT2D eigenvalue weighted by Gasteiger charge is -2.28. The number of ether oxygens (including phenoxy) is 1. The van der Waals surface area contributed by atoms with Crippen LogP contribution in [0.3, 0.4) is 0 Å². The van der Waals surface area contributed by atoms with Crippen molar-refractivity contribution in [1.29, 1.82) is 0 Å². The van der Waals surface area contributed by atoms with Crippen molar-refractivity contribution in [1.82, 2.24) is 0 Å². The van der Waals surface area contributed by atoms with Crippen LogP contribution in [0.15, 0.2) is 0 Å². The van der Waals surface area contributed by atoms with Crippen molar-refractivity contribution >= 4 is 10.1 Å². The van der Waals surface area contributed by atoms with Crippen LogP contribution in [-0.2, 0) is 14.9 Å². The smallest absolute Gasteiger partial charge is 0.296 e. The Morgan fingerprint density at radius 3 is 2.27 bits per heavy atom. The van der Waals surface area contributed by atoms with Crippen LogP contribution < -0.4 is 5.73 Å². The van der Waals surface area contributed by atoms with E-state index in [9.17, 15) is 8.42 Å². The molecule has 0 radical (unpaired) electrons. The number of hydrogen-bond donors (Lipinski definition) is 2. The van der Waals surface area contributed by atoms with Crippen LogP contribution in [0, 0.1) is 0 Å². The molecule has 0 bridgehead atoms. The highest BCUT2D eigenvalue weighted by atomic mass is 32.2. The molecule has 6 heteroatoms. The molecule has 0 heterocycles. The van der Waals surface area contributed by atoms with Crippen molar-refractivity contribution in [3.63, 3.8) is 0 Å². The predicted octanol–water partition coefficient (Wildman–Crippen LogP) is 1.15. The molecular weight excluding hydrogens is 218 g/mol. The molecule has 1 unspecified atom stereocenters. The topological polar surface area (TPSA) is 89.6 Å². The molecule has 0 fully saturated rings. The standard InChI is InChI=1S/C9H21NO4S/c1-3-5-6-7-14-9(4-2,8-10)15(11,12)13/h3-8,10H2,1-2H3,(H,11,12,13). The van der Waals surface area contributed by atoms with Gasteiger partial charge in [-0.3, -0.25) is 4.55 Å². The Balaban J connectivity index is 4.40. The van der Waals surface area contributed by atoms with Crippen LogP contribution in [0.25, 0.3) is 0 Å². The molecule has 0 saturated carbocycles. The van der Waals surface area contributed by atoms with E-state index >= 15 is 0 Å². The summed E-state index contributed by atoms with van der Waals surface area (Å²) < 4.78 is 36.5. The highest BCUT2D eigenvalue weighted by Crippen LogP contribution is 2.21. The van der Waals surface area contributed by atoms with Gasteiger partial charge >= 0.3 is 0 Å². The largest absolute Gasteiger partial charge is 0.356 e. The molecule has 0 aromatic carbocycles. The lowest BCUT2D eigenvalue weighted by Crippen LogP contribution is -2.47. The molecule has 0 aliphatic carbocycles. The number of rotatable bonds is 8. The fourth-order valence-corrected chi connectivity index (χ4v) is 2.09. The van der Waals surface area contributed by atoms with Gasteiger partial charge in [-0.25, -0.2) is 0 Å². The van der Waals surface area contributed by atoms with Gasteiger partial charge in [0.05, 0.1) is 0 Å². The Labute approximate surface area is 91.7 Å². The summed E-state index contributed by atoms with van der Waals surface area (Å²) in [7, 11) is -4.26. The van der Waals surface area contributed by atoms with Crippen LogP contribution in [0.4, 0.5) is 0 Å². The first-order chi connectivity index (χ1) is 6.93. The highest BCUT2D eigenvalue weighted by molar-refractivity contribution is 7.87. The molecule has 0 saturated heterocycles. The second kappa shape index (κ2) is 6.42. The predicted molar refractivity (Wildman–Crippen MR) is 59.1 cm³/mol.